The number of hydrogen-bond acceptors (Lipinski definition) is 4. The van der Waals surface area contributed by atoms with Crippen LogP contribution in [0.25, 0.3) is 0 Å². The van der Waals surface area contributed by atoms with Gasteiger partial charge in [-0.2, -0.15) is 5.06 Å². The van der Waals surface area contributed by atoms with Gasteiger partial charge in [0.15, 0.2) is 0 Å². The van der Waals surface area contributed by atoms with Gasteiger partial charge in [-0.3, -0.25) is 0 Å². The van der Waals surface area contributed by atoms with Gasteiger partial charge in [0, 0.05) is 0 Å². The van der Waals surface area contributed by atoms with Gasteiger partial charge < -0.3 is 15.1 Å². The standard InChI is InChI=1S/C6H11NO3/c8-5-1-2-10-6(5)3-7(9)4-6/h5,8-9H,1-4H2. The van der Waals surface area contributed by atoms with Crippen LogP contribution in [0, 0.1) is 0 Å². The van der Waals surface area contributed by atoms with Crippen molar-refractivity contribution in [3.8, 4) is 0 Å². The van der Waals surface area contributed by atoms with Gasteiger partial charge in [-0.15, -0.1) is 0 Å². The highest BCUT2D eigenvalue weighted by Gasteiger charge is 2.52. The zero-order valence-corrected chi connectivity index (χ0v) is 5.66. The Bertz CT molecular complexity index is 144. The molecule has 2 aliphatic rings. The zero-order chi connectivity index (χ0) is 7.19. The maximum atomic E-state index is 9.35. The molecule has 0 bridgehead atoms. The summed E-state index contributed by atoms with van der Waals surface area (Å²) in [6, 6.07) is 0. The number of ether oxygens (including phenoxy) is 1. The van der Waals surface area contributed by atoms with Gasteiger partial charge in [0.2, 0.25) is 0 Å². The minimum Gasteiger partial charge on any atom is -0.390 e. The van der Waals surface area contributed by atoms with Crippen LogP contribution < -0.4 is 0 Å². The molecule has 4 nitrogen and oxygen atoms in total. The van der Waals surface area contributed by atoms with E-state index < -0.39 is 5.60 Å². The fourth-order valence-corrected chi connectivity index (χ4v) is 1.61. The first-order chi connectivity index (χ1) is 4.73. The van der Waals surface area contributed by atoms with Crippen molar-refractivity contribution in [3.05, 3.63) is 0 Å². The van der Waals surface area contributed by atoms with Crippen molar-refractivity contribution in [2.45, 2.75) is 18.1 Å². The Morgan fingerprint density at radius 3 is 2.60 bits per heavy atom. The Kier molecular flexibility index (Phi) is 1.25. The van der Waals surface area contributed by atoms with E-state index in [1.54, 1.807) is 0 Å². The van der Waals surface area contributed by atoms with Crippen LogP contribution in [0.1, 0.15) is 6.42 Å². The van der Waals surface area contributed by atoms with Crippen molar-refractivity contribution in [1.82, 2.24) is 5.06 Å². The van der Waals surface area contributed by atoms with E-state index in [0.29, 0.717) is 26.1 Å². The summed E-state index contributed by atoms with van der Waals surface area (Å²) < 4.78 is 5.31. The smallest absolute Gasteiger partial charge is 0.124 e. The van der Waals surface area contributed by atoms with Crippen LogP contribution in [0.15, 0.2) is 0 Å². The van der Waals surface area contributed by atoms with Crippen molar-refractivity contribution in [1.29, 1.82) is 0 Å². The fourth-order valence-electron chi connectivity index (χ4n) is 1.61. The molecular weight excluding hydrogens is 134 g/mol. The largest absolute Gasteiger partial charge is 0.390 e. The molecule has 2 N–H and O–H groups in total. The second-order valence-electron chi connectivity index (χ2n) is 3.04. The van der Waals surface area contributed by atoms with E-state index in [2.05, 4.69) is 0 Å². The van der Waals surface area contributed by atoms with Crippen molar-refractivity contribution in [2.24, 2.45) is 0 Å². The molecule has 0 radical (unpaired) electrons. The highest BCUT2D eigenvalue weighted by atomic mass is 16.6. The summed E-state index contributed by atoms with van der Waals surface area (Å²) in [5.74, 6) is 0. The highest BCUT2D eigenvalue weighted by Crippen LogP contribution is 2.33. The normalized spacial score (nSPS) is 38.4. The third kappa shape index (κ3) is 0.703. The van der Waals surface area contributed by atoms with Crippen molar-refractivity contribution < 1.29 is 15.1 Å². The lowest BCUT2D eigenvalue weighted by atomic mass is 9.90. The lowest BCUT2D eigenvalue weighted by molar-refractivity contribution is -0.261. The molecular formula is C6H11NO3. The minimum absolute atomic E-state index is 0.379. The van der Waals surface area contributed by atoms with Crippen LogP contribution in [0.2, 0.25) is 0 Å². The van der Waals surface area contributed by atoms with Crippen LogP contribution in [0.5, 0.6) is 0 Å². The lowest BCUT2D eigenvalue weighted by Gasteiger charge is -2.44. The van der Waals surface area contributed by atoms with Gasteiger partial charge in [-0.1, -0.05) is 0 Å². The molecule has 0 aromatic rings. The Labute approximate surface area is 59.0 Å². The summed E-state index contributed by atoms with van der Waals surface area (Å²) in [7, 11) is 0. The highest BCUT2D eigenvalue weighted by molar-refractivity contribution is 5.02. The molecule has 0 amide bonds. The molecule has 2 rings (SSSR count). The van der Waals surface area contributed by atoms with E-state index in [9.17, 15) is 5.11 Å². The molecule has 0 aromatic heterocycles. The molecule has 10 heavy (non-hydrogen) atoms. The molecule has 2 saturated heterocycles. The van der Waals surface area contributed by atoms with E-state index >= 15 is 0 Å². The Morgan fingerprint density at radius 1 is 1.50 bits per heavy atom. The van der Waals surface area contributed by atoms with Gasteiger partial charge >= 0.3 is 0 Å². The second-order valence-corrected chi connectivity index (χ2v) is 3.04. The predicted octanol–water partition coefficient (Wildman–Crippen LogP) is -0.789. The van der Waals surface area contributed by atoms with Crippen LogP contribution in [-0.2, 0) is 4.74 Å². The van der Waals surface area contributed by atoms with E-state index in [-0.39, 0.29) is 6.10 Å². The van der Waals surface area contributed by atoms with Gasteiger partial charge in [-0.05, 0) is 6.42 Å². The molecule has 1 unspecified atom stereocenters. The summed E-state index contributed by atoms with van der Waals surface area (Å²) >= 11 is 0. The van der Waals surface area contributed by atoms with Crippen molar-refractivity contribution in [3.63, 3.8) is 0 Å². The topological polar surface area (TPSA) is 52.9 Å². The molecule has 0 saturated carbocycles. The molecule has 1 spiro atoms. The van der Waals surface area contributed by atoms with E-state index in [1.807, 2.05) is 0 Å². The molecule has 0 aliphatic carbocycles. The predicted molar refractivity (Wildman–Crippen MR) is 32.7 cm³/mol. The van der Waals surface area contributed by atoms with Crippen molar-refractivity contribution >= 4 is 0 Å². The monoisotopic (exact) mass is 145 g/mol. The van der Waals surface area contributed by atoms with Gasteiger partial charge in [0.05, 0.1) is 25.8 Å². The molecule has 58 valence electrons. The van der Waals surface area contributed by atoms with Crippen LogP contribution >= 0.6 is 0 Å². The van der Waals surface area contributed by atoms with Gasteiger partial charge in [0.1, 0.15) is 5.60 Å². The van der Waals surface area contributed by atoms with Crippen LogP contribution in [0.4, 0.5) is 0 Å². The number of aliphatic hydroxyl groups excluding tert-OH is 1. The molecule has 4 heteroatoms. The number of aliphatic hydroxyl groups is 1. The molecule has 2 heterocycles. The third-order valence-corrected chi connectivity index (χ3v) is 2.29. The maximum absolute atomic E-state index is 9.35. The average molecular weight is 145 g/mol. The fraction of sp³-hybridized carbons (Fsp3) is 1.00. The maximum Gasteiger partial charge on any atom is 0.124 e. The van der Waals surface area contributed by atoms with Crippen LogP contribution in [-0.4, -0.2) is 46.8 Å². The summed E-state index contributed by atoms with van der Waals surface area (Å²) in [6.45, 7) is 1.53. The van der Waals surface area contributed by atoms with Crippen molar-refractivity contribution in [2.75, 3.05) is 19.7 Å². The zero-order valence-electron chi connectivity index (χ0n) is 5.66. The SMILES string of the molecule is OC1CCOC12CN(O)C2. The molecule has 2 fully saturated rings. The first-order valence-corrected chi connectivity index (χ1v) is 3.49. The number of nitrogens with zero attached hydrogens (tertiary/aromatic N) is 1. The van der Waals surface area contributed by atoms with E-state index in [4.69, 9.17) is 9.94 Å². The molecule has 0 aromatic carbocycles. The minimum atomic E-state index is -0.422. The second kappa shape index (κ2) is 1.92. The summed E-state index contributed by atoms with van der Waals surface area (Å²) in [5.41, 5.74) is -0.422. The Hall–Kier alpha value is -0.160. The lowest BCUT2D eigenvalue weighted by Crippen LogP contribution is -2.65. The number of hydroxylamine groups is 2. The third-order valence-electron chi connectivity index (χ3n) is 2.29. The van der Waals surface area contributed by atoms with E-state index in [0.717, 1.165) is 5.06 Å². The van der Waals surface area contributed by atoms with Gasteiger partial charge in [0.25, 0.3) is 0 Å². The summed E-state index contributed by atoms with van der Waals surface area (Å²) in [4.78, 5) is 0. The van der Waals surface area contributed by atoms with Gasteiger partial charge in [-0.25, -0.2) is 0 Å². The van der Waals surface area contributed by atoms with Crippen LogP contribution in [0.3, 0.4) is 0 Å². The Morgan fingerprint density at radius 2 is 2.20 bits per heavy atom. The first-order valence-electron chi connectivity index (χ1n) is 3.49. The quantitative estimate of drug-likeness (QED) is 0.469. The Balaban J connectivity index is 2.03. The summed E-state index contributed by atoms with van der Waals surface area (Å²) in [6.07, 6.45) is 0.323. The summed E-state index contributed by atoms with van der Waals surface area (Å²) in [5, 5.41) is 19.3. The molecule has 2 aliphatic heterocycles. The average Bonchev–Trinajstić information content (AvgIpc) is 2.12. The molecule has 1 atom stereocenters. The number of hydrogen-bond donors (Lipinski definition) is 2. The first kappa shape index (κ1) is 6.54. The van der Waals surface area contributed by atoms with E-state index in [1.165, 1.54) is 0 Å². The number of rotatable bonds is 0.